The van der Waals surface area contributed by atoms with Crippen molar-refractivity contribution in [2.75, 3.05) is 13.2 Å². The van der Waals surface area contributed by atoms with Gasteiger partial charge in [0.2, 0.25) is 0 Å². The van der Waals surface area contributed by atoms with Crippen LogP contribution in [0.3, 0.4) is 0 Å². The summed E-state index contributed by atoms with van der Waals surface area (Å²) >= 11 is 0. The van der Waals surface area contributed by atoms with Crippen molar-refractivity contribution in [3.8, 4) is 5.75 Å². The number of ether oxygens (including phenoxy) is 1. The average Bonchev–Trinajstić information content (AvgIpc) is 2.44. The van der Waals surface area contributed by atoms with Gasteiger partial charge in [-0.15, -0.1) is 0 Å². The quantitative estimate of drug-likeness (QED) is 0.648. The molecule has 2 unspecified atom stereocenters. The Kier molecular flexibility index (Phi) is 8.40. The Morgan fingerprint density at radius 1 is 1.24 bits per heavy atom. The summed E-state index contributed by atoms with van der Waals surface area (Å²) in [6.45, 7) is 9.40. The molecular weight excluding hydrogens is 262 g/mol. The summed E-state index contributed by atoms with van der Waals surface area (Å²) < 4.78 is 5.69. The number of unbranched alkanes of at least 4 members (excludes halogenated alkanes) is 2. The second-order valence-electron chi connectivity index (χ2n) is 6.04. The third-order valence-corrected chi connectivity index (χ3v) is 3.70. The average molecular weight is 293 g/mol. The summed E-state index contributed by atoms with van der Waals surface area (Å²) in [7, 11) is 0. The highest BCUT2D eigenvalue weighted by molar-refractivity contribution is 5.35. The summed E-state index contributed by atoms with van der Waals surface area (Å²) in [5, 5.41) is 13.4. The summed E-state index contributed by atoms with van der Waals surface area (Å²) in [4.78, 5) is 0. The van der Waals surface area contributed by atoms with E-state index in [1.165, 1.54) is 31.2 Å². The minimum atomic E-state index is -0.473. The van der Waals surface area contributed by atoms with Crippen LogP contribution in [0.1, 0.15) is 50.7 Å². The molecule has 0 heterocycles. The molecule has 120 valence electrons. The zero-order chi connectivity index (χ0) is 15.7. The van der Waals surface area contributed by atoms with Crippen LogP contribution in [0, 0.1) is 13.8 Å². The minimum absolute atomic E-state index is 0.332. The number of nitrogens with one attached hydrogen (secondary N) is 1. The fourth-order valence-electron chi connectivity index (χ4n) is 2.35. The molecule has 0 saturated heterocycles. The van der Waals surface area contributed by atoms with Crippen molar-refractivity contribution in [2.45, 2.75) is 65.5 Å². The first-order chi connectivity index (χ1) is 10.0. The lowest BCUT2D eigenvalue weighted by Crippen LogP contribution is -2.36. The van der Waals surface area contributed by atoms with E-state index in [1.807, 2.05) is 19.1 Å². The molecule has 0 radical (unpaired) electrons. The van der Waals surface area contributed by atoms with Gasteiger partial charge in [-0.1, -0.05) is 43.9 Å². The highest BCUT2D eigenvalue weighted by atomic mass is 16.5. The molecule has 0 aliphatic carbocycles. The predicted molar refractivity (Wildman–Crippen MR) is 89.0 cm³/mol. The second kappa shape index (κ2) is 9.80. The van der Waals surface area contributed by atoms with Crippen LogP contribution in [0.5, 0.6) is 5.75 Å². The van der Waals surface area contributed by atoms with Crippen molar-refractivity contribution in [1.82, 2.24) is 5.32 Å². The van der Waals surface area contributed by atoms with Gasteiger partial charge in [-0.3, -0.25) is 0 Å². The van der Waals surface area contributed by atoms with Crippen molar-refractivity contribution < 1.29 is 9.84 Å². The summed E-state index contributed by atoms with van der Waals surface area (Å²) in [5.74, 6) is 0.857. The molecule has 3 heteroatoms. The largest absolute Gasteiger partial charge is 0.491 e. The van der Waals surface area contributed by atoms with Gasteiger partial charge in [0.25, 0.3) is 0 Å². The monoisotopic (exact) mass is 293 g/mol. The number of aliphatic hydroxyl groups is 1. The zero-order valence-corrected chi connectivity index (χ0v) is 14.0. The summed E-state index contributed by atoms with van der Waals surface area (Å²) in [6.07, 6.45) is 4.47. The van der Waals surface area contributed by atoms with Gasteiger partial charge in [0.1, 0.15) is 18.5 Å². The Morgan fingerprint density at radius 2 is 2.00 bits per heavy atom. The number of hydrogen-bond donors (Lipinski definition) is 2. The summed E-state index contributed by atoms with van der Waals surface area (Å²) in [6, 6.07) is 6.55. The third kappa shape index (κ3) is 7.49. The maximum absolute atomic E-state index is 9.99. The predicted octanol–water partition coefficient (Wildman–Crippen LogP) is 3.60. The van der Waals surface area contributed by atoms with Crippen LogP contribution in [-0.4, -0.2) is 30.4 Å². The Bertz CT molecular complexity index is 406. The molecule has 2 atom stereocenters. The molecule has 0 bridgehead atoms. The molecule has 21 heavy (non-hydrogen) atoms. The molecule has 0 aromatic heterocycles. The van der Waals surface area contributed by atoms with Crippen LogP contribution in [0.15, 0.2) is 18.2 Å². The van der Waals surface area contributed by atoms with Crippen LogP contribution in [0.4, 0.5) is 0 Å². The van der Waals surface area contributed by atoms with E-state index in [0.717, 1.165) is 11.3 Å². The SMILES string of the molecule is CCCCCC(C)NCC(O)COc1ccc(C)cc1C. The number of aliphatic hydroxyl groups excluding tert-OH is 1. The first-order valence-electron chi connectivity index (χ1n) is 8.14. The van der Waals surface area contributed by atoms with E-state index in [2.05, 4.69) is 32.2 Å². The molecule has 0 saturated carbocycles. The number of rotatable bonds is 10. The minimum Gasteiger partial charge on any atom is -0.491 e. The summed E-state index contributed by atoms with van der Waals surface area (Å²) in [5.41, 5.74) is 2.34. The van der Waals surface area contributed by atoms with Crippen LogP contribution in [0.2, 0.25) is 0 Å². The van der Waals surface area contributed by atoms with E-state index in [0.29, 0.717) is 19.2 Å². The Labute approximate surface area is 129 Å². The topological polar surface area (TPSA) is 41.5 Å². The van der Waals surface area contributed by atoms with Crippen LogP contribution in [-0.2, 0) is 0 Å². The van der Waals surface area contributed by atoms with E-state index >= 15 is 0 Å². The van der Waals surface area contributed by atoms with E-state index in [1.54, 1.807) is 0 Å². The maximum atomic E-state index is 9.99. The van der Waals surface area contributed by atoms with Gasteiger partial charge in [-0.25, -0.2) is 0 Å². The normalized spacial score (nSPS) is 14.0. The molecule has 3 nitrogen and oxygen atoms in total. The molecule has 0 aliphatic heterocycles. The van der Waals surface area contributed by atoms with Gasteiger partial charge in [-0.05, 0) is 38.8 Å². The standard InChI is InChI=1S/C18H31NO2/c1-5-6-7-8-16(4)19-12-17(20)13-21-18-10-9-14(2)11-15(18)3/h9-11,16-17,19-20H,5-8,12-13H2,1-4H3. The smallest absolute Gasteiger partial charge is 0.122 e. The lowest BCUT2D eigenvalue weighted by Gasteiger charge is -2.18. The fourth-order valence-corrected chi connectivity index (χ4v) is 2.35. The Balaban J connectivity index is 2.23. The third-order valence-electron chi connectivity index (χ3n) is 3.70. The van der Waals surface area contributed by atoms with Crippen LogP contribution in [0.25, 0.3) is 0 Å². The first kappa shape index (κ1) is 18.0. The van der Waals surface area contributed by atoms with Crippen molar-refractivity contribution in [3.05, 3.63) is 29.3 Å². The van der Waals surface area contributed by atoms with Gasteiger partial charge in [-0.2, -0.15) is 0 Å². The lowest BCUT2D eigenvalue weighted by molar-refractivity contribution is 0.103. The van der Waals surface area contributed by atoms with Crippen molar-refractivity contribution in [3.63, 3.8) is 0 Å². The first-order valence-corrected chi connectivity index (χ1v) is 8.14. The lowest BCUT2D eigenvalue weighted by atomic mass is 10.1. The molecule has 0 amide bonds. The Hall–Kier alpha value is -1.06. The van der Waals surface area contributed by atoms with Gasteiger partial charge in [0.05, 0.1) is 0 Å². The number of hydrogen-bond acceptors (Lipinski definition) is 3. The fraction of sp³-hybridized carbons (Fsp3) is 0.667. The van der Waals surface area contributed by atoms with Gasteiger partial charge in [0, 0.05) is 12.6 Å². The van der Waals surface area contributed by atoms with Crippen LogP contribution >= 0.6 is 0 Å². The van der Waals surface area contributed by atoms with Gasteiger partial charge < -0.3 is 15.2 Å². The molecule has 1 rings (SSSR count). The molecule has 0 fully saturated rings. The van der Waals surface area contributed by atoms with E-state index < -0.39 is 6.10 Å². The van der Waals surface area contributed by atoms with Gasteiger partial charge in [0.15, 0.2) is 0 Å². The maximum Gasteiger partial charge on any atom is 0.122 e. The van der Waals surface area contributed by atoms with Crippen molar-refractivity contribution in [2.24, 2.45) is 0 Å². The number of benzene rings is 1. The van der Waals surface area contributed by atoms with Crippen molar-refractivity contribution >= 4 is 0 Å². The number of aryl methyl sites for hydroxylation is 2. The van der Waals surface area contributed by atoms with Crippen molar-refractivity contribution in [1.29, 1.82) is 0 Å². The molecule has 0 spiro atoms. The highest BCUT2D eigenvalue weighted by Crippen LogP contribution is 2.18. The van der Waals surface area contributed by atoms with E-state index in [-0.39, 0.29) is 0 Å². The zero-order valence-electron chi connectivity index (χ0n) is 14.0. The molecular formula is C18H31NO2. The molecule has 1 aromatic carbocycles. The second-order valence-corrected chi connectivity index (χ2v) is 6.04. The van der Waals surface area contributed by atoms with Crippen LogP contribution < -0.4 is 10.1 Å². The molecule has 0 aliphatic rings. The Morgan fingerprint density at radius 3 is 2.67 bits per heavy atom. The van der Waals surface area contributed by atoms with Gasteiger partial charge >= 0.3 is 0 Å². The van der Waals surface area contributed by atoms with E-state index in [9.17, 15) is 5.11 Å². The highest BCUT2D eigenvalue weighted by Gasteiger charge is 2.09. The molecule has 1 aromatic rings. The van der Waals surface area contributed by atoms with E-state index in [4.69, 9.17) is 4.74 Å². The molecule has 2 N–H and O–H groups in total.